The van der Waals surface area contributed by atoms with Crippen molar-refractivity contribution >= 4 is 18.7 Å². The summed E-state index contributed by atoms with van der Waals surface area (Å²) in [6.45, 7) is 9.91. The third kappa shape index (κ3) is 5.80. The smallest absolute Gasteiger partial charge is 0.261 e. The van der Waals surface area contributed by atoms with Crippen molar-refractivity contribution in [2.45, 2.75) is 51.4 Å². The summed E-state index contributed by atoms with van der Waals surface area (Å²) in [4.78, 5) is 0. The van der Waals surface area contributed by atoms with Crippen LogP contribution in [0.4, 0.5) is 0 Å². The Morgan fingerprint density at radius 1 is 0.833 bits per heavy atom. The van der Waals surface area contributed by atoms with E-state index in [1.165, 1.54) is 16.8 Å². The van der Waals surface area contributed by atoms with Crippen LogP contribution in [0.3, 0.4) is 0 Å². The summed E-state index contributed by atoms with van der Waals surface area (Å²) in [7, 11) is -2.48. The van der Waals surface area contributed by atoms with Gasteiger partial charge in [0, 0.05) is 6.61 Å². The van der Waals surface area contributed by atoms with Crippen LogP contribution in [0.25, 0.3) is 0 Å². The number of benzene rings is 2. The fourth-order valence-electron chi connectivity index (χ4n) is 4.20. The Kier molecular flexibility index (Phi) is 8.66. The van der Waals surface area contributed by atoms with Gasteiger partial charge < -0.3 is 18.6 Å². The molecule has 164 valence electrons. The van der Waals surface area contributed by atoms with Crippen LogP contribution in [0, 0.1) is 0 Å². The molecule has 1 heterocycles. The Hall–Kier alpha value is -1.50. The van der Waals surface area contributed by atoms with Gasteiger partial charge >= 0.3 is 0 Å². The fourth-order valence-corrected chi connectivity index (χ4v) is 8.74. The predicted molar refractivity (Wildman–Crippen MR) is 124 cm³/mol. The maximum atomic E-state index is 6.81. The first kappa shape index (κ1) is 23.2. The Morgan fingerprint density at radius 3 is 1.97 bits per heavy atom. The highest BCUT2D eigenvalue weighted by Crippen LogP contribution is 2.36. The molecule has 1 unspecified atom stereocenters. The normalized spacial score (nSPS) is 17.8. The third-order valence-corrected chi connectivity index (χ3v) is 10.7. The summed E-state index contributed by atoms with van der Waals surface area (Å²) in [6, 6.07) is 21.4. The third-order valence-electron chi connectivity index (χ3n) is 5.63. The molecule has 0 spiro atoms. The molecule has 0 N–H and O–H groups in total. The summed E-state index contributed by atoms with van der Waals surface area (Å²) in [5, 5.41) is 2.57. The second kappa shape index (κ2) is 11.2. The Bertz CT molecular complexity index is 684. The molecule has 0 amide bonds. The van der Waals surface area contributed by atoms with Gasteiger partial charge in [-0.2, -0.15) is 0 Å². The fraction of sp³-hybridized carbons (Fsp3) is 0.520. The molecule has 1 fully saturated rings. The lowest BCUT2D eigenvalue weighted by Crippen LogP contribution is -2.66. The van der Waals surface area contributed by atoms with Gasteiger partial charge in [-0.05, 0) is 34.7 Å². The van der Waals surface area contributed by atoms with Gasteiger partial charge in [-0.15, -0.1) is 0 Å². The van der Waals surface area contributed by atoms with Gasteiger partial charge in [0.15, 0.2) is 6.29 Å². The van der Waals surface area contributed by atoms with E-state index in [0.717, 1.165) is 19.4 Å². The summed E-state index contributed by atoms with van der Waals surface area (Å²) in [5.41, 5.74) is 0. The highest BCUT2D eigenvalue weighted by molar-refractivity contribution is 6.99. The van der Waals surface area contributed by atoms with E-state index >= 15 is 0 Å². The zero-order valence-corrected chi connectivity index (χ0v) is 19.6. The van der Waals surface area contributed by atoms with Crippen LogP contribution in [0.1, 0.15) is 40.0 Å². The average molecular weight is 429 g/mol. The first-order valence-electron chi connectivity index (χ1n) is 11.1. The molecular formula is C25H36O4Si. The minimum absolute atomic E-state index is 0.0167. The molecule has 4 nitrogen and oxygen atoms in total. The minimum atomic E-state index is -2.48. The van der Waals surface area contributed by atoms with Gasteiger partial charge in [0.05, 0.1) is 26.4 Å². The number of hydrogen-bond donors (Lipinski definition) is 0. The van der Waals surface area contributed by atoms with Crippen LogP contribution >= 0.6 is 0 Å². The zero-order valence-electron chi connectivity index (χ0n) is 18.6. The van der Waals surface area contributed by atoms with Crippen LogP contribution in [0.5, 0.6) is 0 Å². The lowest BCUT2D eigenvalue weighted by Gasteiger charge is -2.43. The van der Waals surface area contributed by atoms with Crippen LogP contribution in [-0.4, -0.2) is 47.6 Å². The van der Waals surface area contributed by atoms with Crippen molar-refractivity contribution in [3.05, 3.63) is 60.7 Å². The standard InChI is InChI=1S/C25H36O4Si/c1-25(2,3)30(22-12-6-4-7-13-22,23-14-8-5-9-15-23)29-21-19-26-18-20-28-24-16-10-11-17-27-24/h4-9,12-15,24H,10-11,16-21H2,1-3H3. The number of ether oxygens (including phenoxy) is 3. The zero-order chi connectivity index (χ0) is 21.3. The molecule has 0 radical (unpaired) electrons. The van der Waals surface area contributed by atoms with Gasteiger partial charge in [0.25, 0.3) is 8.32 Å². The molecular weight excluding hydrogens is 392 g/mol. The van der Waals surface area contributed by atoms with Crippen LogP contribution < -0.4 is 10.4 Å². The molecule has 0 aromatic heterocycles. The van der Waals surface area contributed by atoms with E-state index in [2.05, 4.69) is 81.4 Å². The van der Waals surface area contributed by atoms with E-state index in [1.807, 2.05) is 0 Å². The molecule has 2 aromatic carbocycles. The summed E-state index contributed by atoms with van der Waals surface area (Å²) < 4.78 is 24.0. The van der Waals surface area contributed by atoms with Crippen LogP contribution in [0.2, 0.25) is 5.04 Å². The first-order chi connectivity index (χ1) is 14.5. The van der Waals surface area contributed by atoms with Crippen molar-refractivity contribution in [3.63, 3.8) is 0 Å². The molecule has 3 rings (SSSR count). The summed E-state index contributed by atoms with van der Waals surface area (Å²) >= 11 is 0. The molecule has 5 heteroatoms. The summed E-state index contributed by atoms with van der Waals surface area (Å²) in [5.74, 6) is 0. The lowest BCUT2D eigenvalue weighted by molar-refractivity contribution is -0.169. The molecule has 30 heavy (non-hydrogen) atoms. The maximum Gasteiger partial charge on any atom is 0.261 e. The van der Waals surface area contributed by atoms with E-state index in [-0.39, 0.29) is 11.3 Å². The van der Waals surface area contributed by atoms with Crippen molar-refractivity contribution in [2.75, 3.05) is 33.0 Å². The molecule has 1 aliphatic heterocycles. The summed E-state index contributed by atoms with van der Waals surface area (Å²) in [6.07, 6.45) is 3.24. The minimum Gasteiger partial charge on any atom is -0.405 e. The van der Waals surface area contributed by atoms with E-state index in [1.54, 1.807) is 0 Å². The predicted octanol–water partition coefficient (Wildman–Crippen LogP) is 4.12. The van der Waals surface area contributed by atoms with Crippen molar-refractivity contribution in [1.82, 2.24) is 0 Å². The Balaban J connectivity index is 1.60. The van der Waals surface area contributed by atoms with Crippen LogP contribution in [0.15, 0.2) is 60.7 Å². The van der Waals surface area contributed by atoms with Gasteiger partial charge in [0.1, 0.15) is 0 Å². The van der Waals surface area contributed by atoms with E-state index in [0.29, 0.717) is 26.4 Å². The molecule has 1 atom stereocenters. The van der Waals surface area contributed by atoms with Gasteiger partial charge in [0.2, 0.25) is 0 Å². The van der Waals surface area contributed by atoms with E-state index in [4.69, 9.17) is 18.6 Å². The van der Waals surface area contributed by atoms with E-state index < -0.39 is 8.32 Å². The van der Waals surface area contributed by atoms with Crippen molar-refractivity contribution in [1.29, 1.82) is 0 Å². The second-order valence-corrected chi connectivity index (χ2v) is 13.1. The van der Waals surface area contributed by atoms with Crippen molar-refractivity contribution in [2.24, 2.45) is 0 Å². The second-order valence-electron chi connectivity index (χ2n) is 8.79. The highest BCUT2D eigenvalue weighted by atomic mass is 28.4. The monoisotopic (exact) mass is 428 g/mol. The molecule has 0 aliphatic carbocycles. The molecule has 1 aliphatic rings. The number of rotatable bonds is 10. The van der Waals surface area contributed by atoms with Gasteiger partial charge in [-0.25, -0.2) is 0 Å². The Labute approximate surface area is 182 Å². The molecule has 1 saturated heterocycles. The SMILES string of the molecule is CC(C)(C)[Si](OCCOCCOC1CCCCO1)(c1ccccc1)c1ccccc1. The largest absolute Gasteiger partial charge is 0.405 e. The first-order valence-corrected chi connectivity index (χ1v) is 13.0. The van der Waals surface area contributed by atoms with Crippen molar-refractivity contribution in [3.8, 4) is 0 Å². The van der Waals surface area contributed by atoms with Crippen molar-refractivity contribution < 1.29 is 18.6 Å². The van der Waals surface area contributed by atoms with Crippen LogP contribution in [-0.2, 0) is 18.6 Å². The quantitative estimate of drug-likeness (QED) is 0.421. The molecule has 0 saturated carbocycles. The topological polar surface area (TPSA) is 36.9 Å². The maximum absolute atomic E-state index is 6.81. The van der Waals surface area contributed by atoms with Gasteiger partial charge in [-0.1, -0.05) is 81.4 Å². The number of hydrogen-bond acceptors (Lipinski definition) is 4. The van der Waals surface area contributed by atoms with E-state index in [9.17, 15) is 0 Å². The molecule has 2 aromatic rings. The highest BCUT2D eigenvalue weighted by Gasteiger charge is 2.49. The average Bonchev–Trinajstić information content (AvgIpc) is 2.77. The Morgan fingerprint density at radius 2 is 1.43 bits per heavy atom. The lowest BCUT2D eigenvalue weighted by atomic mass is 10.2. The van der Waals surface area contributed by atoms with Gasteiger partial charge in [-0.3, -0.25) is 0 Å². The molecule has 0 bridgehead atoms.